The van der Waals surface area contributed by atoms with Crippen LogP contribution in [0.4, 0.5) is 0 Å². The minimum absolute atomic E-state index is 0.270. The fourth-order valence-electron chi connectivity index (χ4n) is 1.38. The van der Waals surface area contributed by atoms with E-state index in [4.69, 9.17) is 27.9 Å². The number of nitrogens with one attached hydrogen (secondary N) is 1. The van der Waals surface area contributed by atoms with Gasteiger partial charge in [-0.3, -0.25) is 4.79 Å². The topological polar surface area (TPSA) is 84.9 Å². The molecule has 0 bridgehead atoms. The van der Waals surface area contributed by atoms with Gasteiger partial charge in [-0.05, 0) is 25.1 Å². The molecule has 2 N–H and O–H groups in total. The number of aliphatic hydroxyl groups excluding tert-OH is 1. The third kappa shape index (κ3) is 5.41. The van der Waals surface area contributed by atoms with Crippen molar-refractivity contribution in [1.82, 2.24) is 5.32 Å². The molecular weight excluding hydrogens is 321 g/mol. The average Bonchev–Trinajstić information content (AvgIpc) is 2.46. The molecule has 2 unspecified atom stereocenters. The first-order chi connectivity index (χ1) is 9.85. The molecule has 21 heavy (non-hydrogen) atoms. The molecule has 0 fully saturated rings. The molecule has 1 aromatic carbocycles. The van der Waals surface area contributed by atoms with Crippen molar-refractivity contribution in [3.63, 3.8) is 0 Å². The maximum absolute atomic E-state index is 11.8. The number of carbonyl (C=O) groups excluding carboxylic acids is 2. The molecule has 0 heterocycles. The summed E-state index contributed by atoms with van der Waals surface area (Å²) in [4.78, 5) is 22.7. The molecule has 1 rings (SSSR count). The predicted octanol–water partition coefficient (Wildman–Crippen LogP) is 1.41. The number of ether oxygens (including phenoxy) is 2. The van der Waals surface area contributed by atoms with Gasteiger partial charge in [-0.25, -0.2) is 4.79 Å². The van der Waals surface area contributed by atoms with Gasteiger partial charge in [-0.15, -0.1) is 0 Å². The molecule has 0 radical (unpaired) electrons. The van der Waals surface area contributed by atoms with Gasteiger partial charge < -0.3 is 19.9 Å². The van der Waals surface area contributed by atoms with Crippen molar-refractivity contribution in [2.45, 2.75) is 19.1 Å². The average molecular weight is 336 g/mol. The van der Waals surface area contributed by atoms with E-state index >= 15 is 0 Å². The highest BCUT2D eigenvalue weighted by Crippen LogP contribution is 2.28. The molecule has 0 aromatic heterocycles. The second-order valence-corrected chi connectivity index (χ2v) is 4.96. The summed E-state index contributed by atoms with van der Waals surface area (Å²) in [6.45, 7) is 1.23. The van der Waals surface area contributed by atoms with Gasteiger partial charge in [0.15, 0.2) is 12.2 Å². The number of hydrogen-bond donors (Lipinski definition) is 2. The summed E-state index contributed by atoms with van der Waals surface area (Å²) in [5.74, 6) is -1.04. The maximum Gasteiger partial charge on any atom is 0.336 e. The lowest BCUT2D eigenvalue weighted by molar-refractivity contribution is -0.150. The maximum atomic E-state index is 11.8. The van der Waals surface area contributed by atoms with Crippen LogP contribution in [0.5, 0.6) is 5.75 Å². The largest absolute Gasteiger partial charge is 0.479 e. The van der Waals surface area contributed by atoms with Crippen LogP contribution >= 0.6 is 23.2 Å². The van der Waals surface area contributed by atoms with Crippen LogP contribution in [-0.4, -0.2) is 42.8 Å². The van der Waals surface area contributed by atoms with E-state index < -0.39 is 24.1 Å². The Hall–Kier alpha value is -1.50. The number of amides is 1. The number of hydrogen-bond acceptors (Lipinski definition) is 5. The summed E-state index contributed by atoms with van der Waals surface area (Å²) in [7, 11) is 1.14. The van der Waals surface area contributed by atoms with Gasteiger partial charge in [0, 0.05) is 5.02 Å². The first-order valence-corrected chi connectivity index (χ1v) is 6.76. The van der Waals surface area contributed by atoms with Gasteiger partial charge in [-0.1, -0.05) is 23.2 Å². The number of benzene rings is 1. The van der Waals surface area contributed by atoms with Crippen LogP contribution in [0.3, 0.4) is 0 Å². The van der Waals surface area contributed by atoms with Gasteiger partial charge >= 0.3 is 5.97 Å². The smallest absolute Gasteiger partial charge is 0.336 e. The van der Waals surface area contributed by atoms with Crippen molar-refractivity contribution in [2.75, 3.05) is 13.7 Å². The summed E-state index contributed by atoms with van der Waals surface area (Å²) in [5, 5.41) is 12.4. The predicted molar refractivity (Wildman–Crippen MR) is 77.6 cm³/mol. The molecule has 0 aliphatic carbocycles. The van der Waals surface area contributed by atoms with E-state index in [-0.39, 0.29) is 11.6 Å². The Kier molecular flexibility index (Phi) is 6.74. The van der Waals surface area contributed by atoms with E-state index in [1.54, 1.807) is 6.07 Å². The Balaban J connectivity index is 2.53. The monoisotopic (exact) mass is 335 g/mol. The van der Waals surface area contributed by atoms with E-state index in [0.29, 0.717) is 10.8 Å². The Morgan fingerprint density at radius 1 is 1.38 bits per heavy atom. The molecule has 1 amide bonds. The van der Waals surface area contributed by atoms with Crippen LogP contribution in [0.25, 0.3) is 0 Å². The highest BCUT2D eigenvalue weighted by Gasteiger charge is 2.20. The molecule has 8 heteroatoms. The van der Waals surface area contributed by atoms with Crippen LogP contribution < -0.4 is 10.1 Å². The number of aliphatic hydroxyl groups is 1. The highest BCUT2D eigenvalue weighted by atomic mass is 35.5. The third-order valence-corrected chi connectivity index (χ3v) is 3.04. The lowest BCUT2D eigenvalue weighted by Gasteiger charge is -2.16. The van der Waals surface area contributed by atoms with Gasteiger partial charge in [0.1, 0.15) is 5.75 Å². The fourth-order valence-corrected chi connectivity index (χ4v) is 1.83. The van der Waals surface area contributed by atoms with E-state index in [0.717, 1.165) is 7.11 Å². The SMILES string of the molecule is COC(=O)C(O)CNC(=O)C(C)Oc1ccc(Cl)cc1Cl. The molecular formula is C13H15Cl2NO5. The van der Waals surface area contributed by atoms with Crippen LogP contribution in [0.1, 0.15) is 6.92 Å². The van der Waals surface area contributed by atoms with Crippen LogP contribution in [0, 0.1) is 0 Å². The number of carbonyl (C=O) groups is 2. The summed E-state index contributed by atoms with van der Waals surface area (Å²) < 4.78 is 9.71. The Bertz CT molecular complexity index is 523. The molecule has 0 saturated heterocycles. The van der Waals surface area contributed by atoms with E-state index in [9.17, 15) is 14.7 Å². The Morgan fingerprint density at radius 2 is 2.05 bits per heavy atom. The van der Waals surface area contributed by atoms with Crippen LogP contribution in [-0.2, 0) is 14.3 Å². The van der Waals surface area contributed by atoms with E-state index in [1.807, 2.05) is 0 Å². The first-order valence-electron chi connectivity index (χ1n) is 6.00. The van der Waals surface area contributed by atoms with Crippen molar-refractivity contribution in [3.05, 3.63) is 28.2 Å². The van der Waals surface area contributed by atoms with Gasteiger partial charge in [0.05, 0.1) is 18.7 Å². The first kappa shape index (κ1) is 17.6. The van der Waals surface area contributed by atoms with Crippen molar-refractivity contribution < 1.29 is 24.2 Å². The molecule has 0 aliphatic heterocycles. The number of rotatable bonds is 6. The van der Waals surface area contributed by atoms with Gasteiger partial charge in [0.2, 0.25) is 0 Å². The molecule has 116 valence electrons. The number of methoxy groups -OCH3 is 1. The molecule has 1 aromatic rings. The lowest BCUT2D eigenvalue weighted by atomic mass is 10.3. The number of esters is 1. The van der Waals surface area contributed by atoms with Crippen molar-refractivity contribution >= 4 is 35.1 Å². The molecule has 0 spiro atoms. The summed E-state index contributed by atoms with van der Waals surface area (Å²) >= 11 is 11.7. The molecule has 0 aliphatic rings. The van der Waals surface area contributed by atoms with Gasteiger partial charge in [0.25, 0.3) is 5.91 Å². The van der Waals surface area contributed by atoms with E-state index in [1.165, 1.54) is 19.1 Å². The Morgan fingerprint density at radius 3 is 2.62 bits per heavy atom. The second kappa shape index (κ2) is 8.07. The second-order valence-electron chi connectivity index (χ2n) is 4.12. The normalized spacial score (nSPS) is 13.2. The fraction of sp³-hybridized carbons (Fsp3) is 0.385. The minimum atomic E-state index is -1.43. The standard InChI is InChI=1S/C13H15Cl2NO5/c1-7(12(18)16-6-10(17)13(19)20-2)21-11-4-3-8(14)5-9(11)15/h3-5,7,10,17H,6H2,1-2H3,(H,16,18). The Labute approximate surface area is 131 Å². The zero-order valence-corrected chi connectivity index (χ0v) is 12.9. The molecule has 2 atom stereocenters. The van der Waals surface area contributed by atoms with Crippen molar-refractivity contribution in [3.8, 4) is 5.75 Å². The van der Waals surface area contributed by atoms with Crippen LogP contribution in [0.15, 0.2) is 18.2 Å². The molecule has 0 saturated carbocycles. The zero-order valence-electron chi connectivity index (χ0n) is 11.4. The summed E-state index contributed by atoms with van der Waals surface area (Å²) in [5.41, 5.74) is 0. The lowest BCUT2D eigenvalue weighted by Crippen LogP contribution is -2.42. The van der Waals surface area contributed by atoms with Crippen molar-refractivity contribution in [2.24, 2.45) is 0 Å². The zero-order chi connectivity index (χ0) is 16.0. The van der Waals surface area contributed by atoms with Crippen LogP contribution in [0.2, 0.25) is 10.0 Å². The third-order valence-electron chi connectivity index (χ3n) is 2.51. The highest BCUT2D eigenvalue weighted by molar-refractivity contribution is 6.35. The van der Waals surface area contributed by atoms with E-state index in [2.05, 4.69) is 10.1 Å². The summed E-state index contributed by atoms with van der Waals surface area (Å²) in [6.07, 6.45) is -2.29. The molecule has 6 nitrogen and oxygen atoms in total. The van der Waals surface area contributed by atoms with Gasteiger partial charge in [-0.2, -0.15) is 0 Å². The van der Waals surface area contributed by atoms with Crippen molar-refractivity contribution in [1.29, 1.82) is 0 Å². The minimum Gasteiger partial charge on any atom is -0.479 e. The summed E-state index contributed by atoms with van der Waals surface area (Å²) in [6, 6.07) is 4.61. The number of halogens is 2. The quantitative estimate of drug-likeness (QED) is 0.768.